The number of hydrogen-bond donors (Lipinski definition) is 1. The van der Waals surface area contributed by atoms with Crippen molar-refractivity contribution in [3.63, 3.8) is 0 Å². The molecular weight excluding hydrogens is 330 g/mol. The highest BCUT2D eigenvalue weighted by molar-refractivity contribution is 5.60. The molecule has 0 heterocycles. The lowest BCUT2D eigenvalue weighted by atomic mass is 10.0. The molecule has 0 amide bonds. The predicted molar refractivity (Wildman–Crippen MR) is 108 cm³/mol. The van der Waals surface area contributed by atoms with Crippen LogP contribution >= 0.6 is 0 Å². The zero-order valence-corrected chi connectivity index (χ0v) is 17.5. The van der Waals surface area contributed by atoms with Crippen molar-refractivity contribution in [2.24, 2.45) is 0 Å². The van der Waals surface area contributed by atoms with Gasteiger partial charge in [0.15, 0.2) is 0 Å². The molecule has 0 saturated carbocycles. The third-order valence-electron chi connectivity index (χ3n) is 4.56. The number of nitrogens with zero attached hydrogens (tertiary/aromatic N) is 1. The van der Waals surface area contributed by atoms with Crippen LogP contribution in [0.2, 0.25) is 0 Å². The first-order valence-electron chi connectivity index (χ1n) is 10.7. The molecule has 0 radical (unpaired) electrons. The molecule has 0 unspecified atom stereocenters. The number of unbranched alkanes of at least 4 members (excludes halogenated alkanes) is 9. The van der Waals surface area contributed by atoms with E-state index < -0.39 is 6.16 Å². The Bertz CT molecular complexity index is 310. The van der Waals surface area contributed by atoms with Crippen LogP contribution in [0.15, 0.2) is 0 Å². The Morgan fingerprint density at radius 1 is 0.885 bits per heavy atom. The fraction of sp³-hybridized carbons (Fsp3) is 0.952. The minimum atomic E-state index is -0.603. The summed E-state index contributed by atoms with van der Waals surface area (Å²) in [6.07, 6.45) is 14.1. The Balaban J connectivity index is 3.64. The van der Waals surface area contributed by atoms with Gasteiger partial charge < -0.3 is 19.5 Å². The Kier molecular flexibility index (Phi) is 18.4. The van der Waals surface area contributed by atoms with Gasteiger partial charge in [-0.15, -0.1) is 0 Å². The number of aliphatic hydroxyl groups is 1. The van der Waals surface area contributed by atoms with E-state index in [-0.39, 0.29) is 12.7 Å². The molecule has 0 saturated heterocycles. The smallest absolute Gasteiger partial charge is 0.434 e. The fourth-order valence-corrected chi connectivity index (χ4v) is 2.97. The molecule has 0 fully saturated rings. The Morgan fingerprint density at radius 3 is 2.00 bits per heavy atom. The Labute approximate surface area is 161 Å². The average molecular weight is 374 g/mol. The van der Waals surface area contributed by atoms with Gasteiger partial charge in [0, 0.05) is 19.6 Å². The molecule has 0 aromatic carbocycles. The molecule has 1 atom stereocenters. The van der Waals surface area contributed by atoms with E-state index in [1.807, 2.05) is 14.1 Å². The minimum absolute atomic E-state index is 0.0380. The molecule has 0 aliphatic rings. The summed E-state index contributed by atoms with van der Waals surface area (Å²) in [7, 11) is 3.98. The summed E-state index contributed by atoms with van der Waals surface area (Å²) >= 11 is 0. The Morgan fingerprint density at radius 2 is 1.46 bits per heavy atom. The summed E-state index contributed by atoms with van der Waals surface area (Å²) in [6.45, 7) is 3.54. The highest BCUT2D eigenvalue weighted by Gasteiger charge is 2.14. The number of hydrogen-bond acceptors (Lipinski definition) is 5. The van der Waals surface area contributed by atoms with E-state index in [0.717, 1.165) is 32.2 Å². The van der Waals surface area contributed by atoms with Crippen LogP contribution in [0.1, 0.15) is 90.4 Å². The van der Waals surface area contributed by atoms with Gasteiger partial charge >= 0.3 is 6.16 Å². The number of carbonyl (C=O) groups excluding carboxylic acids is 1. The van der Waals surface area contributed by atoms with E-state index in [1.165, 1.54) is 51.4 Å². The summed E-state index contributed by atoms with van der Waals surface area (Å²) in [4.78, 5) is 13.8. The van der Waals surface area contributed by atoms with Crippen LogP contribution in [0.25, 0.3) is 0 Å². The standard InChI is InChI=1S/C21H43NO4/c1-4-5-6-7-8-9-10-11-12-13-15-20(16-18-23)26-21(24)25-19-14-17-22(2)3/h20,23H,4-19H2,1-3H3/t20-/m0/s1. The largest absolute Gasteiger partial charge is 0.508 e. The van der Waals surface area contributed by atoms with Crippen molar-refractivity contribution in [1.82, 2.24) is 4.90 Å². The highest BCUT2D eigenvalue weighted by atomic mass is 16.7. The maximum atomic E-state index is 11.7. The number of rotatable bonds is 18. The van der Waals surface area contributed by atoms with Crippen molar-refractivity contribution < 1.29 is 19.4 Å². The van der Waals surface area contributed by atoms with Crippen molar-refractivity contribution >= 4 is 6.16 Å². The second-order valence-electron chi connectivity index (χ2n) is 7.48. The summed E-state index contributed by atoms with van der Waals surface area (Å²) in [5.74, 6) is 0. The zero-order valence-electron chi connectivity index (χ0n) is 17.5. The third-order valence-corrected chi connectivity index (χ3v) is 4.56. The molecule has 0 aromatic heterocycles. The highest BCUT2D eigenvalue weighted by Crippen LogP contribution is 2.14. The molecule has 5 nitrogen and oxygen atoms in total. The van der Waals surface area contributed by atoms with Crippen molar-refractivity contribution in [2.75, 3.05) is 33.9 Å². The molecule has 0 bridgehead atoms. The molecule has 0 aromatic rings. The molecule has 0 rings (SSSR count). The van der Waals surface area contributed by atoms with Gasteiger partial charge in [0.05, 0.1) is 6.61 Å². The van der Waals surface area contributed by atoms with E-state index in [4.69, 9.17) is 14.6 Å². The second-order valence-corrected chi connectivity index (χ2v) is 7.48. The lowest BCUT2D eigenvalue weighted by Crippen LogP contribution is -2.22. The topological polar surface area (TPSA) is 59.0 Å². The van der Waals surface area contributed by atoms with Crippen LogP contribution in [-0.4, -0.2) is 56.1 Å². The van der Waals surface area contributed by atoms with Gasteiger partial charge in [-0.25, -0.2) is 4.79 Å². The van der Waals surface area contributed by atoms with Gasteiger partial charge in [-0.3, -0.25) is 0 Å². The fourth-order valence-electron chi connectivity index (χ4n) is 2.97. The first kappa shape index (κ1) is 25.2. The van der Waals surface area contributed by atoms with Crippen molar-refractivity contribution in [2.45, 2.75) is 96.5 Å². The van der Waals surface area contributed by atoms with Gasteiger partial charge in [-0.2, -0.15) is 0 Å². The van der Waals surface area contributed by atoms with E-state index in [2.05, 4.69) is 11.8 Å². The normalized spacial score (nSPS) is 12.3. The second kappa shape index (κ2) is 19.0. The van der Waals surface area contributed by atoms with Crippen LogP contribution in [0.5, 0.6) is 0 Å². The van der Waals surface area contributed by atoms with Gasteiger partial charge in [-0.05, 0) is 33.4 Å². The molecule has 0 aliphatic carbocycles. The van der Waals surface area contributed by atoms with Crippen LogP contribution in [-0.2, 0) is 9.47 Å². The first-order valence-corrected chi connectivity index (χ1v) is 10.7. The third kappa shape index (κ3) is 18.0. The molecule has 26 heavy (non-hydrogen) atoms. The Hall–Kier alpha value is -0.810. The lowest BCUT2D eigenvalue weighted by molar-refractivity contribution is 0.0107. The molecule has 0 aliphatic heterocycles. The monoisotopic (exact) mass is 373 g/mol. The summed E-state index contributed by atoms with van der Waals surface area (Å²) in [5, 5.41) is 9.15. The molecule has 5 heteroatoms. The van der Waals surface area contributed by atoms with Crippen molar-refractivity contribution in [3.05, 3.63) is 0 Å². The first-order chi connectivity index (χ1) is 12.6. The SMILES string of the molecule is CCCCCCCCCCCC[C@@H](CCO)OC(=O)OCCCN(C)C. The van der Waals surface area contributed by atoms with E-state index >= 15 is 0 Å². The van der Waals surface area contributed by atoms with Crippen LogP contribution in [0.4, 0.5) is 4.79 Å². The van der Waals surface area contributed by atoms with E-state index in [1.54, 1.807) is 0 Å². The molecule has 1 N–H and O–H groups in total. The number of carbonyl (C=O) groups is 1. The molecular formula is C21H43NO4. The summed E-state index contributed by atoms with van der Waals surface area (Å²) in [6, 6.07) is 0. The minimum Gasteiger partial charge on any atom is -0.434 e. The van der Waals surface area contributed by atoms with Crippen molar-refractivity contribution in [1.29, 1.82) is 0 Å². The molecule has 0 spiro atoms. The maximum Gasteiger partial charge on any atom is 0.508 e. The predicted octanol–water partition coefficient (Wildman–Crippen LogP) is 5.15. The zero-order chi connectivity index (χ0) is 19.5. The number of ether oxygens (including phenoxy) is 2. The maximum absolute atomic E-state index is 11.7. The van der Waals surface area contributed by atoms with Crippen molar-refractivity contribution in [3.8, 4) is 0 Å². The van der Waals surface area contributed by atoms with Gasteiger partial charge in [0.2, 0.25) is 0 Å². The van der Waals surface area contributed by atoms with Gasteiger partial charge in [-0.1, -0.05) is 64.7 Å². The number of aliphatic hydroxyl groups excluding tert-OH is 1. The average Bonchev–Trinajstić information content (AvgIpc) is 2.60. The summed E-state index contributed by atoms with van der Waals surface area (Å²) < 4.78 is 10.4. The lowest BCUT2D eigenvalue weighted by Gasteiger charge is -2.17. The van der Waals surface area contributed by atoms with Gasteiger partial charge in [0.1, 0.15) is 6.10 Å². The molecule has 156 valence electrons. The quantitative estimate of drug-likeness (QED) is 0.266. The van der Waals surface area contributed by atoms with E-state index in [0.29, 0.717) is 13.0 Å². The summed E-state index contributed by atoms with van der Waals surface area (Å²) in [5.41, 5.74) is 0. The van der Waals surface area contributed by atoms with Crippen LogP contribution < -0.4 is 0 Å². The van der Waals surface area contributed by atoms with Crippen LogP contribution in [0, 0.1) is 0 Å². The van der Waals surface area contributed by atoms with Gasteiger partial charge in [0.25, 0.3) is 0 Å². The van der Waals surface area contributed by atoms with E-state index in [9.17, 15) is 4.79 Å². The van der Waals surface area contributed by atoms with Crippen LogP contribution in [0.3, 0.4) is 0 Å².